The third-order valence-corrected chi connectivity index (χ3v) is 10.5. The molecule has 1 atom stereocenters. The van der Waals surface area contributed by atoms with Gasteiger partial charge in [-0.2, -0.15) is 22.1 Å². The Hall–Kier alpha value is -4.62. The number of thioether (sulfide) groups is 1. The number of nitrogens with zero attached hydrogens (tertiary/aromatic N) is 3. The van der Waals surface area contributed by atoms with Crippen LogP contribution in [0.1, 0.15) is 74.8 Å². The van der Waals surface area contributed by atoms with E-state index in [9.17, 15) is 10.1 Å². The van der Waals surface area contributed by atoms with E-state index in [4.69, 9.17) is 9.47 Å². The molecule has 0 amide bonds. The van der Waals surface area contributed by atoms with Gasteiger partial charge in [0.2, 0.25) is 0 Å². The lowest BCUT2D eigenvalue weighted by atomic mass is 9.87. The second-order valence-corrected chi connectivity index (χ2v) is 14.3. The molecule has 0 aliphatic carbocycles. The third-order valence-electron chi connectivity index (χ3n) is 9.07. The summed E-state index contributed by atoms with van der Waals surface area (Å²) < 4.78 is 44.7. The van der Waals surface area contributed by atoms with Crippen molar-refractivity contribution in [2.45, 2.75) is 65.3 Å². The molecule has 3 heterocycles. The van der Waals surface area contributed by atoms with Crippen LogP contribution in [0, 0.1) is 28.4 Å². The zero-order chi connectivity index (χ0) is 34.5. The number of aryl methyl sites for hydroxylation is 2. The predicted molar refractivity (Wildman–Crippen MR) is 189 cm³/mol. The fourth-order valence-corrected chi connectivity index (χ4v) is 7.82. The van der Waals surface area contributed by atoms with Gasteiger partial charge in [0, 0.05) is 40.7 Å². The lowest BCUT2D eigenvalue weighted by Crippen LogP contribution is -2.18. The van der Waals surface area contributed by atoms with Crippen LogP contribution in [-0.4, -0.2) is 38.8 Å². The number of rotatable bonds is 5. The van der Waals surface area contributed by atoms with Crippen LogP contribution in [0.2, 0.25) is 0 Å². The van der Waals surface area contributed by atoms with Crippen molar-refractivity contribution in [3.63, 3.8) is 0 Å². The van der Waals surface area contributed by atoms with Gasteiger partial charge in [-0.3, -0.25) is 9.48 Å². The number of nitrogens with one attached hydrogen (secondary N) is 1. The van der Waals surface area contributed by atoms with Crippen LogP contribution in [0.15, 0.2) is 67.0 Å². The van der Waals surface area contributed by atoms with Crippen molar-refractivity contribution in [3.8, 4) is 28.8 Å². The minimum atomic E-state index is -0.551. The number of benzene rings is 3. The number of aromatic amines is 1. The molecule has 5 aromatic rings. The maximum Gasteiger partial charge on any atom is 0.306 e. The third kappa shape index (κ3) is 7.67. The molecule has 0 saturated heterocycles. The fraction of sp³-hybridized carbons (Fsp3) is 0.359. The minimum Gasteiger partial charge on any atom is -0.466 e. The Balaban J connectivity index is 1.47. The van der Waals surface area contributed by atoms with Crippen molar-refractivity contribution in [3.05, 3.63) is 101 Å². The summed E-state index contributed by atoms with van der Waals surface area (Å²) in [7, 11) is 0. The van der Waals surface area contributed by atoms with Crippen molar-refractivity contribution in [2.24, 2.45) is 5.41 Å². The Kier molecular flexibility index (Phi) is 10.4. The highest BCUT2D eigenvalue weighted by Gasteiger charge is 2.27. The molecule has 2 aromatic heterocycles. The lowest BCUT2D eigenvalue weighted by molar-refractivity contribution is -0.143. The summed E-state index contributed by atoms with van der Waals surface area (Å²) in [6, 6.07) is 17.5. The van der Waals surface area contributed by atoms with Crippen LogP contribution in [-0.2, 0) is 22.4 Å². The van der Waals surface area contributed by atoms with Gasteiger partial charge in [-0.1, -0.05) is 44.5 Å². The van der Waals surface area contributed by atoms with Crippen LogP contribution < -0.4 is 4.74 Å². The van der Waals surface area contributed by atoms with Crippen LogP contribution in [0.4, 0.5) is 8.78 Å². The molecule has 7 nitrogen and oxygen atoms in total. The quantitative estimate of drug-likeness (QED) is 0.186. The van der Waals surface area contributed by atoms with Gasteiger partial charge in [-0.25, -0.2) is 8.78 Å². The molecular formula is C39H40F2N4O3S. The Bertz CT molecular complexity index is 2010. The molecule has 1 aliphatic heterocycles. The van der Waals surface area contributed by atoms with E-state index in [-0.39, 0.29) is 46.5 Å². The van der Waals surface area contributed by atoms with Gasteiger partial charge in [0.05, 0.1) is 30.1 Å². The van der Waals surface area contributed by atoms with Gasteiger partial charge >= 0.3 is 5.97 Å². The molecule has 2 bridgehead atoms. The zero-order valence-corrected chi connectivity index (χ0v) is 28.8. The topological polar surface area (TPSA) is 92.9 Å². The number of nitriles is 1. The van der Waals surface area contributed by atoms with E-state index in [2.05, 4.69) is 36.1 Å². The molecule has 0 radical (unpaired) electrons. The Morgan fingerprint density at radius 1 is 1.18 bits per heavy atom. The number of carbonyl (C=O) groups excluding carboxylic acids is 1. The Morgan fingerprint density at radius 2 is 2.04 bits per heavy atom. The number of hydrogen-bond donors (Lipinski definition) is 1. The smallest absolute Gasteiger partial charge is 0.306 e. The molecule has 0 spiro atoms. The van der Waals surface area contributed by atoms with Crippen LogP contribution in [0.25, 0.3) is 22.2 Å². The van der Waals surface area contributed by atoms with E-state index in [1.807, 2.05) is 36.0 Å². The highest BCUT2D eigenvalue weighted by molar-refractivity contribution is 7.99. The van der Waals surface area contributed by atoms with E-state index in [1.165, 1.54) is 30.5 Å². The van der Waals surface area contributed by atoms with Gasteiger partial charge in [0.25, 0.3) is 0 Å². The summed E-state index contributed by atoms with van der Waals surface area (Å²) in [4.78, 5) is 15.2. The number of H-pyrrole nitrogens is 1. The van der Waals surface area contributed by atoms with E-state index >= 15 is 8.78 Å². The molecule has 3 aromatic carbocycles. The van der Waals surface area contributed by atoms with Gasteiger partial charge in [-0.05, 0) is 84.9 Å². The number of halogens is 2. The van der Waals surface area contributed by atoms with Gasteiger partial charge in [0.1, 0.15) is 17.6 Å². The average Bonchev–Trinajstić information content (AvgIpc) is 3.73. The number of hydrogen-bond acceptors (Lipinski definition) is 6. The first-order valence-electron chi connectivity index (χ1n) is 16.7. The highest BCUT2D eigenvalue weighted by atomic mass is 32.2. The highest BCUT2D eigenvalue weighted by Crippen LogP contribution is 2.40. The SMILES string of the molecule is CCOC(=O)CCc1cccc(C2CCCC(C)(C)CSCCc3c(c(F)cc4[nH]ccc34)Oc3ccc(F)c(c3)-c3c(C#N)cnn32)c1. The maximum atomic E-state index is 15.9. The Morgan fingerprint density at radius 3 is 2.86 bits per heavy atom. The summed E-state index contributed by atoms with van der Waals surface area (Å²) >= 11 is 1.84. The molecule has 0 saturated carbocycles. The molecule has 10 heteroatoms. The van der Waals surface area contributed by atoms with E-state index < -0.39 is 11.6 Å². The van der Waals surface area contributed by atoms with Crippen molar-refractivity contribution < 1.29 is 23.0 Å². The largest absolute Gasteiger partial charge is 0.466 e. The number of carbonyl (C=O) groups is 1. The molecule has 6 rings (SSSR count). The van der Waals surface area contributed by atoms with Crippen LogP contribution >= 0.6 is 11.8 Å². The van der Waals surface area contributed by atoms with E-state index in [1.54, 1.807) is 17.8 Å². The second-order valence-electron chi connectivity index (χ2n) is 13.2. The summed E-state index contributed by atoms with van der Waals surface area (Å²) in [5.74, 6) is 0.744. The van der Waals surface area contributed by atoms with E-state index in [0.717, 1.165) is 46.4 Å². The fourth-order valence-electron chi connectivity index (χ4n) is 6.63. The summed E-state index contributed by atoms with van der Waals surface area (Å²) in [6.07, 6.45) is 7.10. The molecule has 254 valence electrons. The maximum absolute atomic E-state index is 15.9. The summed E-state index contributed by atoms with van der Waals surface area (Å²) in [6.45, 7) is 6.64. The van der Waals surface area contributed by atoms with Crippen molar-refractivity contribution in [2.75, 3.05) is 18.1 Å². The monoisotopic (exact) mass is 682 g/mol. The standard InChI is InChI=1S/C39H40F2N4O3S/c1-4-47-36(46)13-10-25-7-5-8-26(19-25)35-9-6-16-39(2,3)24-49-18-15-30-29-14-17-43-34(29)21-33(41)38(30)48-28-11-12-32(40)31(20-28)37-27(22-42)23-44-45(35)37/h5,7-8,11-12,14,17,19-21,23,35,43H,4,6,9-10,13,15-16,18,24H2,1-3H3. The first-order chi connectivity index (χ1) is 23.7. The Labute approximate surface area is 289 Å². The van der Waals surface area contributed by atoms with Crippen LogP contribution in [0.5, 0.6) is 11.5 Å². The number of aromatic nitrogens is 3. The summed E-state index contributed by atoms with van der Waals surface area (Å²) in [5, 5.41) is 15.8. The molecule has 0 fully saturated rings. The summed E-state index contributed by atoms with van der Waals surface area (Å²) in [5.41, 5.74) is 4.05. The van der Waals surface area contributed by atoms with Crippen molar-refractivity contribution >= 4 is 28.6 Å². The normalized spacial score (nSPS) is 16.5. The average molecular weight is 683 g/mol. The van der Waals surface area contributed by atoms with E-state index in [0.29, 0.717) is 37.1 Å². The zero-order valence-electron chi connectivity index (χ0n) is 28.0. The molecule has 1 unspecified atom stereocenters. The number of fused-ring (bicyclic) bond motifs is 7. The molecular weight excluding hydrogens is 643 g/mol. The molecule has 1 aliphatic rings. The first-order valence-corrected chi connectivity index (χ1v) is 17.9. The lowest BCUT2D eigenvalue weighted by Gasteiger charge is -2.27. The van der Waals surface area contributed by atoms with Crippen molar-refractivity contribution in [1.29, 1.82) is 5.26 Å². The number of ether oxygens (including phenoxy) is 2. The number of esters is 1. The van der Waals surface area contributed by atoms with Crippen LogP contribution in [0.3, 0.4) is 0 Å². The second kappa shape index (κ2) is 14.9. The molecule has 49 heavy (non-hydrogen) atoms. The van der Waals surface area contributed by atoms with Gasteiger partial charge in [0.15, 0.2) is 11.6 Å². The van der Waals surface area contributed by atoms with Gasteiger partial charge in [-0.15, -0.1) is 0 Å². The minimum absolute atomic E-state index is 0.0127. The first kappa shape index (κ1) is 34.3. The van der Waals surface area contributed by atoms with Gasteiger partial charge < -0.3 is 14.5 Å². The van der Waals surface area contributed by atoms with Crippen molar-refractivity contribution in [1.82, 2.24) is 14.8 Å². The predicted octanol–water partition coefficient (Wildman–Crippen LogP) is 9.54. The molecule has 1 N–H and O–H groups in total.